The van der Waals surface area contributed by atoms with Gasteiger partial charge in [-0.3, -0.25) is 4.79 Å². The smallest absolute Gasteiger partial charge is 0.335 e. The van der Waals surface area contributed by atoms with Gasteiger partial charge in [0.05, 0.1) is 27.7 Å². The van der Waals surface area contributed by atoms with E-state index < -0.39 is 5.97 Å². The number of tetrazole rings is 1. The number of aromatic carboxylic acids is 1. The van der Waals surface area contributed by atoms with Crippen LogP contribution in [-0.2, 0) is 4.79 Å². The molecule has 0 aliphatic rings. The highest BCUT2D eigenvalue weighted by molar-refractivity contribution is 7.99. The van der Waals surface area contributed by atoms with E-state index in [-0.39, 0.29) is 22.2 Å². The molecule has 1 heterocycles. The Morgan fingerprint density at radius 1 is 1.10 bits per heavy atom. The SMILES string of the molecule is O=C(CSc1nnnn1-c1cccc2ccccc12)Nc1ccc(C(=O)O)cc1Cl. The standard InChI is InChI=1S/C20H14ClN5O3S/c21-15-10-13(19(28)29)8-9-16(15)22-18(27)11-30-20-23-24-25-26(20)17-7-3-5-12-4-1-2-6-14(12)17/h1-10H,11H2,(H,22,27)(H,28,29). The summed E-state index contributed by atoms with van der Waals surface area (Å²) < 4.78 is 1.59. The summed E-state index contributed by atoms with van der Waals surface area (Å²) >= 11 is 7.23. The molecule has 30 heavy (non-hydrogen) atoms. The van der Waals surface area contributed by atoms with Crippen LogP contribution >= 0.6 is 23.4 Å². The number of hydrogen-bond acceptors (Lipinski definition) is 6. The van der Waals surface area contributed by atoms with E-state index in [0.29, 0.717) is 10.8 Å². The summed E-state index contributed by atoms with van der Waals surface area (Å²) in [6.07, 6.45) is 0. The van der Waals surface area contributed by atoms with E-state index >= 15 is 0 Å². The number of carbonyl (C=O) groups is 2. The van der Waals surface area contributed by atoms with E-state index in [4.69, 9.17) is 16.7 Å². The molecule has 4 aromatic rings. The number of halogens is 1. The number of fused-ring (bicyclic) bond motifs is 1. The Bertz CT molecular complexity index is 1250. The number of nitrogens with zero attached hydrogens (tertiary/aromatic N) is 4. The first-order valence-electron chi connectivity index (χ1n) is 8.75. The average Bonchev–Trinajstić information content (AvgIpc) is 3.21. The highest BCUT2D eigenvalue weighted by Crippen LogP contribution is 2.26. The van der Waals surface area contributed by atoms with Crippen molar-refractivity contribution in [2.75, 3.05) is 11.1 Å². The van der Waals surface area contributed by atoms with Crippen molar-refractivity contribution in [3.8, 4) is 5.69 Å². The molecule has 0 spiro atoms. The minimum Gasteiger partial charge on any atom is -0.478 e. The first-order valence-corrected chi connectivity index (χ1v) is 10.1. The van der Waals surface area contributed by atoms with E-state index in [0.717, 1.165) is 16.5 Å². The highest BCUT2D eigenvalue weighted by atomic mass is 35.5. The van der Waals surface area contributed by atoms with E-state index in [2.05, 4.69) is 20.8 Å². The van der Waals surface area contributed by atoms with E-state index in [1.165, 1.54) is 30.0 Å². The van der Waals surface area contributed by atoms with Crippen molar-refractivity contribution in [1.82, 2.24) is 20.2 Å². The van der Waals surface area contributed by atoms with Crippen LogP contribution in [0.5, 0.6) is 0 Å². The van der Waals surface area contributed by atoms with Gasteiger partial charge in [-0.2, -0.15) is 4.68 Å². The number of benzene rings is 3. The zero-order valence-electron chi connectivity index (χ0n) is 15.3. The monoisotopic (exact) mass is 439 g/mol. The molecule has 0 unspecified atom stereocenters. The molecule has 4 rings (SSSR count). The van der Waals surface area contributed by atoms with Gasteiger partial charge in [-0.1, -0.05) is 59.8 Å². The van der Waals surface area contributed by atoms with Crippen molar-refractivity contribution < 1.29 is 14.7 Å². The Labute approximate surface area is 179 Å². The van der Waals surface area contributed by atoms with E-state index in [1.54, 1.807) is 4.68 Å². The third kappa shape index (κ3) is 4.12. The number of thioether (sulfide) groups is 1. The largest absolute Gasteiger partial charge is 0.478 e. The van der Waals surface area contributed by atoms with Gasteiger partial charge in [0.2, 0.25) is 11.1 Å². The van der Waals surface area contributed by atoms with Crippen molar-refractivity contribution in [3.05, 3.63) is 71.2 Å². The van der Waals surface area contributed by atoms with Gasteiger partial charge in [0.25, 0.3) is 0 Å². The van der Waals surface area contributed by atoms with Crippen LogP contribution in [0.2, 0.25) is 5.02 Å². The fourth-order valence-corrected chi connectivity index (χ4v) is 3.79. The van der Waals surface area contributed by atoms with Crippen molar-refractivity contribution in [2.24, 2.45) is 0 Å². The summed E-state index contributed by atoms with van der Waals surface area (Å²) in [4.78, 5) is 23.3. The Morgan fingerprint density at radius 3 is 2.70 bits per heavy atom. The normalized spacial score (nSPS) is 10.8. The minimum atomic E-state index is -1.09. The Morgan fingerprint density at radius 2 is 1.90 bits per heavy atom. The quantitative estimate of drug-likeness (QED) is 0.438. The molecule has 0 radical (unpaired) electrons. The highest BCUT2D eigenvalue weighted by Gasteiger charge is 2.15. The number of carboxylic acid groups (broad SMARTS) is 1. The number of carbonyl (C=O) groups excluding carboxylic acids is 1. The van der Waals surface area contributed by atoms with Gasteiger partial charge in [0, 0.05) is 5.39 Å². The third-order valence-electron chi connectivity index (χ3n) is 4.26. The summed E-state index contributed by atoms with van der Waals surface area (Å²) in [6, 6.07) is 17.8. The molecule has 3 aromatic carbocycles. The summed E-state index contributed by atoms with van der Waals surface area (Å²) in [5.74, 6) is -1.37. The average molecular weight is 440 g/mol. The molecular formula is C20H14ClN5O3S. The van der Waals surface area contributed by atoms with Gasteiger partial charge in [0.1, 0.15) is 0 Å². The van der Waals surface area contributed by atoms with Crippen LogP contribution in [-0.4, -0.2) is 42.9 Å². The second-order valence-electron chi connectivity index (χ2n) is 6.21. The molecular weight excluding hydrogens is 426 g/mol. The molecule has 0 fully saturated rings. The number of anilines is 1. The predicted molar refractivity (Wildman–Crippen MR) is 114 cm³/mol. The molecule has 1 aromatic heterocycles. The summed E-state index contributed by atoms with van der Waals surface area (Å²) in [7, 11) is 0. The molecule has 0 aliphatic heterocycles. The van der Waals surface area contributed by atoms with Crippen molar-refractivity contribution >= 4 is 51.7 Å². The molecule has 2 N–H and O–H groups in total. The van der Waals surface area contributed by atoms with E-state index in [9.17, 15) is 9.59 Å². The van der Waals surface area contributed by atoms with E-state index in [1.807, 2.05) is 42.5 Å². The lowest BCUT2D eigenvalue weighted by molar-refractivity contribution is -0.113. The molecule has 8 nitrogen and oxygen atoms in total. The maximum atomic E-state index is 12.4. The first-order chi connectivity index (χ1) is 14.5. The molecule has 10 heteroatoms. The fourth-order valence-electron chi connectivity index (χ4n) is 2.88. The second kappa shape index (κ2) is 8.52. The molecule has 0 atom stereocenters. The van der Waals surface area contributed by atoms with Crippen LogP contribution < -0.4 is 5.32 Å². The Balaban J connectivity index is 1.49. The summed E-state index contributed by atoms with van der Waals surface area (Å²) in [6.45, 7) is 0. The number of hydrogen-bond donors (Lipinski definition) is 2. The molecule has 0 saturated heterocycles. The van der Waals surface area contributed by atoms with Gasteiger partial charge in [-0.05, 0) is 40.1 Å². The van der Waals surface area contributed by atoms with Crippen LogP contribution in [0, 0.1) is 0 Å². The lowest BCUT2D eigenvalue weighted by Crippen LogP contribution is -2.15. The maximum Gasteiger partial charge on any atom is 0.335 e. The Kier molecular flexibility index (Phi) is 5.64. The van der Waals surface area contributed by atoms with Crippen LogP contribution in [0.25, 0.3) is 16.5 Å². The molecule has 0 bridgehead atoms. The maximum absolute atomic E-state index is 12.4. The third-order valence-corrected chi connectivity index (χ3v) is 5.49. The van der Waals surface area contributed by atoms with Crippen LogP contribution in [0.1, 0.15) is 10.4 Å². The molecule has 150 valence electrons. The zero-order chi connectivity index (χ0) is 21.1. The van der Waals surface area contributed by atoms with Gasteiger partial charge in [0.15, 0.2) is 0 Å². The van der Waals surface area contributed by atoms with Crippen molar-refractivity contribution in [1.29, 1.82) is 0 Å². The lowest BCUT2D eigenvalue weighted by Gasteiger charge is -2.09. The van der Waals surface area contributed by atoms with Crippen LogP contribution in [0.15, 0.2) is 65.8 Å². The number of amides is 1. The van der Waals surface area contributed by atoms with Gasteiger partial charge in [-0.15, -0.1) is 5.10 Å². The lowest BCUT2D eigenvalue weighted by atomic mass is 10.1. The second-order valence-corrected chi connectivity index (χ2v) is 7.56. The number of aromatic nitrogens is 4. The minimum absolute atomic E-state index is 0.0432. The van der Waals surface area contributed by atoms with Crippen molar-refractivity contribution in [2.45, 2.75) is 5.16 Å². The van der Waals surface area contributed by atoms with Gasteiger partial charge < -0.3 is 10.4 Å². The number of nitrogens with one attached hydrogen (secondary N) is 1. The molecule has 0 aliphatic carbocycles. The summed E-state index contributed by atoms with van der Waals surface area (Å²) in [5.41, 5.74) is 1.19. The number of carboxylic acids is 1. The number of rotatable bonds is 6. The van der Waals surface area contributed by atoms with Crippen molar-refractivity contribution in [3.63, 3.8) is 0 Å². The molecule has 1 amide bonds. The fraction of sp³-hybridized carbons (Fsp3) is 0.0500. The van der Waals surface area contributed by atoms with Gasteiger partial charge >= 0.3 is 5.97 Å². The predicted octanol–water partition coefficient (Wildman–Crippen LogP) is 3.90. The topological polar surface area (TPSA) is 110 Å². The molecule has 0 saturated carbocycles. The van der Waals surface area contributed by atoms with Crippen LogP contribution in [0.4, 0.5) is 5.69 Å². The zero-order valence-corrected chi connectivity index (χ0v) is 16.9. The van der Waals surface area contributed by atoms with Crippen LogP contribution in [0.3, 0.4) is 0 Å². The van der Waals surface area contributed by atoms with Gasteiger partial charge in [-0.25, -0.2) is 4.79 Å². The Hall–Kier alpha value is -3.43. The summed E-state index contributed by atoms with van der Waals surface area (Å²) in [5, 5.41) is 26.1. The first kappa shape index (κ1) is 19.9.